The monoisotopic (exact) mass is 292 g/mol. The summed E-state index contributed by atoms with van der Waals surface area (Å²) >= 11 is 0. The maximum absolute atomic E-state index is 5.73. The summed E-state index contributed by atoms with van der Waals surface area (Å²) in [4.78, 5) is 2.41. The number of hydrogen-bond donors (Lipinski definition) is 1. The second-order valence-corrected chi connectivity index (χ2v) is 5.72. The third-order valence-electron chi connectivity index (χ3n) is 4.13. The highest BCUT2D eigenvalue weighted by atomic mass is 16.5. The zero-order valence-electron chi connectivity index (χ0n) is 13.7. The minimum atomic E-state index is 0.493. The van der Waals surface area contributed by atoms with Crippen molar-refractivity contribution < 1.29 is 9.47 Å². The summed E-state index contributed by atoms with van der Waals surface area (Å²) in [6.07, 6.45) is 2.31. The summed E-state index contributed by atoms with van der Waals surface area (Å²) in [6, 6.07) is 7.12. The Morgan fingerprint density at radius 2 is 2.00 bits per heavy atom. The fourth-order valence-corrected chi connectivity index (χ4v) is 2.80. The van der Waals surface area contributed by atoms with Gasteiger partial charge >= 0.3 is 0 Å². The summed E-state index contributed by atoms with van der Waals surface area (Å²) in [5, 5.41) is 3.65. The first-order valence-corrected chi connectivity index (χ1v) is 8.00. The van der Waals surface area contributed by atoms with Gasteiger partial charge in [-0.3, -0.25) is 0 Å². The zero-order valence-corrected chi connectivity index (χ0v) is 13.7. The van der Waals surface area contributed by atoms with E-state index in [1.807, 2.05) is 26.0 Å². The molecule has 1 aliphatic heterocycles. The fourth-order valence-electron chi connectivity index (χ4n) is 2.80. The smallest absolute Gasteiger partial charge is 0.142 e. The van der Waals surface area contributed by atoms with Gasteiger partial charge in [0.1, 0.15) is 11.5 Å². The molecule has 118 valence electrons. The molecule has 1 heterocycles. The van der Waals surface area contributed by atoms with Crippen LogP contribution in [-0.4, -0.2) is 43.8 Å². The van der Waals surface area contributed by atoms with Gasteiger partial charge in [0.05, 0.1) is 18.9 Å². The minimum Gasteiger partial charge on any atom is -0.494 e. The Bertz CT molecular complexity index is 450. The van der Waals surface area contributed by atoms with E-state index in [1.54, 1.807) is 0 Å². The molecule has 2 atom stereocenters. The van der Waals surface area contributed by atoms with Gasteiger partial charge < -0.3 is 19.7 Å². The summed E-state index contributed by atoms with van der Waals surface area (Å²) in [6.45, 7) is 8.78. The molecule has 4 nitrogen and oxygen atoms in total. The van der Waals surface area contributed by atoms with Crippen LogP contribution in [0.15, 0.2) is 18.2 Å². The molecule has 4 heteroatoms. The molecule has 2 unspecified atom stereocenters. The Hall–Kier alpha value is -1.42. The highest BCUT2D eigenvalue weighted by Crippen LogP contribution is 2.31. The largest absolute Gasteiger partial charge is 0.494 e. The molecule has 0 aliphatic carbocycles. The topological polar surface area (TPSA) is 33.7 Å². The zero-order chi connectivity index (χ0) is 15.2. The van der Waals surface area contributed by atoms with E-state index in [1.165, 1.54) is 0 Å². The number of nitrogens with one attached hydrogen (secondary N) is 1. The summed E-state index contributed by atoms with van der Waals surface area (Å²) < 4.78 is 11.3. The molecule has 1 saturated heterocycles. The lowest BCUT2D eigenvalue weighted by Crippen LogP contribution is -2.42. The van der Waals surface area contributed by atoms with E-state index in [-0.39, 0.29) is 0 Å². The number of rotatable bonds is 6. The standard InChI is InChI=1S/C17H28N2O2/c1-5-20-15-7-8-17(21-6-2)16(12-15)18-14-9-10-19(4)13(3)11-14/h7-8,12-14,18H,5-6,9-11H2,1-4H3. The van der Waals surface area contributed by atoms with Crippen LogP contribution in [0.4, 0.5) is 5.69 Å². The third-order valence-corrected chi connectivity index (χ3v) is 4.13. The first kappa shape index (κ1) is 16.0. The van der Waals surface area contributed by atoms with Crippen molar-refractivity contribution in [2.75, 3.05) is 32.1 Å². The second-order valence-electron chi connectivity index (χ2n) is 5.72. The lowest BCUT2D eigenvalue weighted by Gasteiger charge is -2.36. The predicted octanol–water partition coefficient (Wildman–Crippen LogP) is 3.38. The predicted molar refractivity (Wildman–Crippen MR) is 87.5 cm³/mol. The Morgan fingerprint density at radius 3 is 2.67 bits per heavy atom. The number of anilines is 1. The van der Waals surface area contributed by atoms with Crippen molar-refractivity contribution in [3.05, 3.63) is 18.2 Å². The molecule has 21 heavy (non-hydrogen) atoms. The Morgan fingerprint density at radius 1 is 1.24 bits per heavy atom. The number of hydrogen-bond acceptors (Lipinski definition) is 4. The lowest BCUT2D eigenvalue weighted by molar-refractivity contribution is 0.190. The van der Waals surface area contributed by atoms with Gasteiger partial charge in [0, 0.05) is 24.7 Å². The molecule has 0 spiro atoms. The van der Waals surface area contributed by atoms with Crippen molar-refractivity contribution >= 4 is 5.69 Å². The van der Waals surface area contributed by atoms with Crippen molar-refractivity contribution in [2.24, 2.45) is 0 Å². The van der Waals surface area contributed by atoms with Crippen LogP contribution in [0.1, 0.15) is 33.6 Å². The number of ether oxygens (including phenoxy) is 2. The van der Waals surface area contributed by atoms with Crippen LogP contribution in [0, 0.1) is 0 Å². The van der Waals surface area contributed by atoms with Crippen molar-refractivity contribution in [2.45, 2.75) is 45.7 Å². The molecular formula is C17H28N2O2. The van der Waals surface area contributed by atoms with Crippen LogP contribution < -0.4 is 14.8 Å². The molecule has 1 aromatic rings. The van der Waals surface area contributed by atoms with Crippen LogP contribution in [0.5, 0.6) is 11.5 Å². The molecular weight excluding hydrogens is 264 g/mol. The summed E-state index contributed by atoms with van der Waals surface area (Å²) in [7, 11) is 2.20. The Balaban J connectivity index is 2.10. The van der Waals surface area contributed by atoms with E-state index in [2.05, 4.69) is 30.3 Å². The molecule has 1 aromatic carbocycles. The lowest BCUT2D eigenvalue weighted by atomic mass is 9.98. The highest BCUT2D eigenvalue weighted by Gasteiger charge is 2.23. The maximum atomic E-state index is 5.73. The van der Waals surface area contributed by atoms with E-state index in [0.717, 1.165) is 36.6 Å². The van der Waals surface area contributed by atoms with E-state index >= 15 is 0 Å². The first-order chi connectivity index (χ1) is 10.1. The molecule has 0 amide bonds. The van der Waals surface area contributed by atoms with Gasteiger partial charge in [0.25, 0.3) is 0 Å². The van der Waals surface area contributed by atoms with Crippen LogP contribution in [0.3, 0.4) is 0 Å². The van der Waals surface area contributed by atoms with Gasteiger partial charge in [-0.05, 0) is 52.8 Å². The van der Waals surface area contributed by atoms with E-state index < -0.39 is 0 Å². The number of benzene rings is 1. The average Bonchev–Trinajstić information content (AvgIpc) is 2.46. The summed E-state index contributed by atoms with van der Waals surface area (Å²) in [5.41, 5.74) is 1.05. The average molecular weight is 292 g/mol. The molecule has 0 radical (unpaired) electrons. The summed E-state index contributed by atoms with van der Waals surface area (Å²) in [5.74, 6) is 1.80. The van der Waals surface area contributed by atoms with E-state index in [4.69, 9.17) is 9.47 Å². The van der Waals surface area contributed by atoms with Gasteiger partial charge in [0.15, 0.2) is 0 Å². The van der Waals surface area contributed by atoms with Gasteiger partial charge in [-0.2, -0.15) is 0 Å². The van der Waals surface area contributed by atoms with E-state index in [9.17, 15) is 0 Å². The Labute approximate surface area is 128 Å². The van der Waals surface area contributed by atoms with Crippen LogP contribution in [0.25, 0.3) is 0 Å². The molecule has 1 N–H and O–H groups in total. The Kier molecular flexibility index (Phi) is 5.74. The van der Waals surface area contributed by atoms with Crippen molar-refractivity contribution in [3.63, 3.8) is 0 Å². The molecule has 1 fully saturated rings. The van der Waals surface area contributed by atoms with Crippen LogP contribution >= 0.6 is 0 Å². The quantitative estimate of drug-likeness (QED) is 0.871. The normalized spacial score (nSPS) is 22.9. The molecule has 1 aliphatic rings. The highest BCUT2D eigenvalue weighted by molar-refractivity contribution is 5.60. The van der Waals surface area contributed by atoms with Crippen LogP contribution in [-0.2, 0) is 0 Å². The van der Waals surface area contributed by atoms with Crippen molar-refractivity contribution in [1.82, 2.24) is 4.90 Å². The van der Waals surface area contributed by atoms with Crippen LogP contribution in [0.2, 0.25) is 0 Å². The molecule has 2 rings (SSSR count). The number of likely N-dealkylation sites (tertiary alicyclic amines) is 1. The minimum absolute atomic E-state index is 0.493. The molecule has 0 bridgehead atoms. The number of piperidine rings is 1. The third kappa shape index (κ3) is 4.27. The van der Waals surface area contributed by atoms with Crippen molar-refractivity contribution in [3.8, 4) is 11.5 Å². The van der Waals surface area contributed by atoms with Gasteiger partial charge in [-0.25, -0.2) is 0 Å². The van der Waals surface area contributed by atoms with Gasteiger partial charge in [-0.15, -0.1) is 0 Å². The first-order valence-electron chi connectivity index (χ1n) is 8.00. The fraction of sp³-hybridized carbons (Fsp3) is 0.647. The van der Waals surface area contributed by atoms with E-state index in [0.29, 0.717) is 25.3 Å². The SMILES string of the molecule is CCOc1ccc(OCC)c(NC2CCN(C)C(C)C2)c1. The van der Waals surface area contributed by atoms with Crippen molar-refractivity contribution in [1.29, 1.82) is 0 Å². The maximum Gasteiger partial charge on any atom is 0.142 e. The molecule has 0 saturated carbocycles. The van der Waals surface area contributed by atoms with Gasteiger partial charge in [-0.1, -0.05) is 0 Å². The number of nitrogens with zero attached hydrogens (tertiary/aromatic N) is 1. The molecule has 0 aromatic heterocycles. The van der Waals surface area contributed by atoms with Gasteiger partial charge in [0.2, 0.25) is 0 Å². The second kappa shape index (κ2) is 7.55.